The molecule has 0 bridgehead atoms. The lowest BCUT2D eigenvalue weighted by Gasteiger charge is -2.34. The number of amides is 2. The lowest BCUT2D eigenvalue weighted by atomic mass is 10.1. The van der Waals surface area contributed by atoms with Crippen LogP contribution in [0.2, 0.25) is 0 Å². The molecule has 0 radical (unpaired) electrons. The van der Waals surface area contributed by atoms with Crippen molar-refractivity contribution in [1.82, 2.24) is 29.6 Å². The van der Waals surface area contributed by atoms with Crippen molar-refractivity contribution in [3.63, 3.8) is 0 Å². The zero-order chi connectivity index (χ0) is 28.0. The molecule has 0 aliphatic carbocycles. The van der Waals surface area contributed by atoms with Crippen molar-refractivity contribution in [2.75, 3.05) is 24.1 Å². The molecule has 1 atom stereocenters. The molecule has 206 valence electrons. The van der Waals surface area contributed by atoms with Crippen molar-refractivity contribution in [3.05, 3.63) is 47.7 Å². The van der Waals surface area contributed by atoms with Crippen LogP contribution in [0.4, 0.5) is 16.6 Å². The molecule has 6 rings (SSSR count). The molecule has 1 aromatic carbocycles. The maximum Gasteiger partial charge on any atom is 0.410 e. The summed E-state index contributed by atoms with van der Waals surface area (Å²) < 4.78 is 13.0. The highest BCUT2D eigenvalue weighted by Crippen LogP contribution is 2.31. The van der Waals surface area contributed by atoms with Crippen molar-refractivity contribution in [1.29, 1.82) is 0 Å². The van der Waals surface area contributed by atoms with E-state index < -0.39 is 11.5 Å². The summed E-state index contributed by atoms with van der Waals surface area (Å²) in [7, 11) is 0. The third-order valence-corrected chi connectivity index (χ3v) is 7.46. The molecule has 1 saturated heterocycles. The van der Waals surface area contributed by atoms with E-state index >= 15 is 0 Å². The largest absolute Gasteiger partial charge is 0.444 e. The molecule has 40 heavy (non-hydrogen) atoms. The summed E-state index contributed by atoms with van der Waals surface area (Å²) in [5.41, 5.74) is 8.21. The fourth-order valence-electron chi connectivity index (χ4n) is 4.79. The lowest BCUT2D eigenvalue weighted by Crippen LogP contribution is -2.43. The molecule has 1 aliphatic heterocycles. The summed E-state index contributed by atoms with van der Waals surface area (Å²) >= 11 is 1.63. The second-order valence-electron chi connectivity index (χ2n) is 10.6. The highest BCUT2D eigenvalue weighted by Gasteiger charge is 2.32. The number of nitrogens with two attached hydrogens (primary N) is 1. The molecule has 0 unspecified atom stereocenters. The quantitative estimate of drug-likeness (QED) is 0.305. The number of thiophene rings is 1. The van der Waals surface area contributed by atoms with Crippen LogP contribution in [0.5, 0.6) is 0 Å². The van der Waals surface area contributed by atoms with Gasteiger partial charge in [-0.05, 0) is 68.8 Å². The number of aromatic nitrogens is 5. The summed E-state index contributed by atoms with van der Waals surface area (Å²) in [4.78, 5) is 41.9. The van der Waals surface area contributed by atoms with E-state index in [0.29, 0.717) is 35.2 Å². The van der Waals surface area contributed by atoms with Gasteiger partial charge in [0.05, 0.1) is 11.4 Å². The maximum absolute atomic E-state index is 13.5. The zero-order valence-electron chi connectivity index (χ0n) is 22.2. The van der Waals surface area contributed by atoms with Crippen molar-refractivity contribution >= 4 is 57.3 Å². The van der Waals surface area contributed by atoms with Gasteiger partial charge >= 0.3 is 12.1 Å². The fraction of sp³-hybridized carbons (Fsp3) is 0.333. The Morgan fingerprint density at radius 1 is 1.23 bits per heavy atom. The second kappa shape index (κ2) is 9.90. The number of likely N-dealkylation sites (tertiary alicyclic amines) is 1. The third-order valence-electron chi connectivity index (χ3n) is 6.54. The number of hydrogen-bond donors (Lipinski definition) is 2. The van der Waals surface area contributed by atoms with Gasteiger partial charge in [0.15, 0.2) is 16.9 Å². The van der Waals surface area contributed by atoms with Crippen molar-refractivity contribution in [2.24, 2.45) is 0 Å². The number of benzene rings is 1. The van der Waals surface area contributed by atoms with E-state index in [1.165, 1.54) is 6.33 Å². The highest BCUT2D eigenvalue weighted by atomic mass is 32.1. The fourth-order valence-corrected chi connectivity index (χ4v) is 5.51. The Kier molecular flexibility index (Phi) is 6.37. The SMILES string of the molecule is CC(C)(C)OC(=O)N1CCC[C@@H](n2nc(C(=O)Nc3nc4cc(-c5cccs5)ccc4o3)c3c(N)ncnc32)C1. The van der Waals surface area contributed by atoms with Gasteiger partial charge in [-0.15, -0.1) is 11.3 Å². The lowest BCUT2D eigenvalue weighted by molar-refractivity contribution is 0.0168. The number of anilines is 2. The summed E-state index contributed by atoms with van der Waals surface area (Å²) in [6.07, 6.45) is 2.42. The Morgan fingerprint density at radius 2 is 2.08 bits per heavy atom. The van der Waals surface area contributed by atoms with Gasteiger partial charge < -0.3 is 19.8 Å². The van der Waals surface area contributed by atoms with Gasteiger partial charge in [-0.2, -0.15) is 10.1 Å². The Labute approximate surface area is 233 Å². The predicted octanol–water partition coefficient (Wildman–Crippen LogP) is 5.10. The van der Waals surface area contributed by atoms with Gasteiger partial charge in [0.25, 0.3) is 5.91 Å². The topological polar surface area (TPSA) is 154 Å². The van der Waals surface area contributed by atoms with E-state index in [9.17, 15) is 9.59 Å². The Bertz CT molecular complexity index is 1720. The van der Waals surface area contributed by atoms with E-state index in [2.05, 4.69) is 25.4 Å². The number of nitrogen functional groups attached to an aromatic ring is 1. The normalized spacial score (nSPS) is 16.0. The van der Waals surface area contributed by atoms with Gasteiger partial charge in [-0.1, -0.05) is 6.07 Å². The molecule has 1 fully saturated rings. The summed E-state index contributed by atoms with van der Waals surface area (Å²) in [5.74, 6) is -0.436. The first-order chi connectivity index (χ1) is 19.2. The van der Waals surface area contributed by atoms with Crippen molar-refractivity contribution in [2.45, 2.75) is 45.3 Å². The van der Waals surface area contributed by atoms with Crippen LogP contribution in [-0.4, -0.2) is 60.3 Å². The Balaban J connectivity index is 1.28. The van der Waals surface area contributed by atoms with Crippen LogP contribution in [-0.2, 0) is 4.74 Å². The number of nitrogens with one attached hydrogen (secondary N) is 1. The van der Waals surface area contributed by atoms with E-state index in [1.54, 1.807) is 20.9 Å². The van der Waals surface area contributed by atoms with Crippen LogP contribution in [0.15, 0.2) is 46.5 Å². The number of carbonyl (C=O) groups is 2. The number of hydrogen-bond acceptors (Lipinski definition) is 10. The van der Waals surface area contributed by atoms with Crippen molar-refractivity contribution in [3.8, 4) is 10.4 Å². The first-order valence-corrected chi connectivity index (χ1v) is 13.8. The average molecular weight is 561 g/mol. The van der Waals surface area contributed by atoms with Gasteiger partial charge in [-0.25, -0.2) is 19.4 Å². The van der Waals surface area contributed by atoms with Crippen LogP contribution < -0.4 is 11.1 Å². The standard InChI is InChI=1S/C27H28N8O4S/c1-27(2,3)39-26(37)34-10-4-6-16(13-34)35-23-20(22(28)29-14-30-23)21(33-35)24(36)32-25-31-17-12-15(8-9-18(17)38-25)19-7-5-11-40-19/h5,7-9,11-12,14,16H,4,6,10,13H2,1-3H3,(H2,28,29,30)(H,31,32,36)/t16-/m1/s1. The minimum absolute atomic E-state index is 0.0372. The molecule has 0 spiro atoms. The first kappa shape index (κ1) is 25.7. The van der Waals surface area contributed by atoms with Crippen LogP contribution in [0.25, 0.3) is 32.6 Å². The molecular formula is C27H28N8O4S. The number of rotatable bonds is 4. The molecule has 1 aliphatic rings. The van der Waals surface area contributed by atoms with E-state index in [-0.39, 0.29) is 29.7 Å². The third kappa shape index (κ3) is 4.95. The minimum Gasteiger partial charge on any atom is -0.444 e. The maximum atomic E-state index is 13.5. The van der Waals surface area contributed by atoms with Crippen LogP contribution in [0.1, 0.15) is 50.1 Å². The van der Waals surface area contributed by atoms with Gasteiger partial charge in [0.1, 0.15) is 23.3 Å². The second-order valence-corrected chi connectivity index (χ2v) is 11.6. The number of carbonyl (C=O) groups excluding carboxylic acids is 2. The van der Waals surface area contributed by atoms with Gasteiger partial charge in [0, 0.05) is 18.0 Å². The predicted molar refractivity (Wildman–Crippen MR) is 151 cm³/mol. The van der Waals surface area contributed by atoms with Crippen LogP contribution in [0.3, 0.4) is 0 Å². The number of fused-ring (bicyclic) bond motifs is 2. The smallest absolute Gasteiger partial charge is 0.410 e. The van der Waals surface area contributed by atoms with E-state index in [1.807, 2.05) is 56.5 Å². The molecule has 2 amide bonds. The molecule has 5 aromatic rings. The highest BCUT2D eigenvalue weighted by molar-refractivity contribution is 7.13. The molecule has 4 aromatic heterocycles. The zero-order valence-corrected chi connectivity index (χ0v) is 23.1. The van der Waals surface area contributed by atoms with Gasteiger partial charge in [-0.3, -0.25) is 10.1 Å². The van der Waals surface area contributed by atoms with Crippen LogP contribution in [0, 0.1) is 0 Å². The van der Waals surface area contributed by atoms with Crippen molar-refractivity contribution < 1.29 is 18.7 Å². The summed E-state index contributed by atoms with van der Waals surface area (Å²) in [6.45, 7) is 6.42. The van der Waals surface area contributed by atoms with Gasteiger partial charge in [0.2, 0.25) is 0 Å². The number of nitrogens with zero attached hydrogens (tertiary/aromatic N) is 6. The first-order valence-electron chi connectivity index (χ1n) is 12.9. The molecule has 13 heteroatoms. The molecular weight excluding hydrogens is 532 g/mol. The molecule has 12 nitrogen and oxygen atoms in total. The van der Waals surface area contributed by atoms with E-state index in [0.717, 1.165) is 23.3 Å². The summed E-state index contributed by atoms with van der Waals surface area (Å²) in [6, 6.07) is 9.50. The Hall–Kier alpha value is -4.52. The number of ether oxygens (including phenoxy) is 1. The molecule has 0 saturated carbocycles. The molecule has 5 heterocycles. The monoisotopic (exact) mass is 560 g/mol. The van der Waals surface area contributed by atoms with Crippen LogP contribution >= 0.6 is 11.3 Å². The minimum atomic E-state index is -0.606. The number of piperidine rings is 1. The molecule has 3 N–H and O–H groups in total. The average Bonchev–Trinajstić information content (AvgIpc) is 3.66. The number of oxazole rings is 1. The Morgan fingerprint density at radius 3 is 2.85 bits per heavy atom. The van der Waals surface area contributed by atoms with E-state index in [4.69, 9.17) is 14.9 Å². The summed E-state index contributed by atoms with van der Waals surface area (Å²) in [5, 5.41) is 9.65.